The number of likely N-dealkylation sites (tertiary alicyclic amines) is 1. The number of nitrogens with zero attached hydrogens (tertiary/aromatic N) is 3. The molecule has 31 heavy (non-hydrogen) atoms. The summed E-state index contributed by atoms with van der Waals surface area (Å²) in [4.78, 5) is 4.87. The Morgan fingerprint density at radius 2 is 1.68 bits per heavy atom. The predicted molar refractivity (Wildman–Crippen MR) is 131 cm³/mol. The molecule has 1 aliphatic heterocycles. The van der Waals surface area contributed by atoms with Crippen LogP contribution >= 0.6 is 34.8 Å². The smallest absolute Gasteiger partial charge is 0.138 e. The lowest BCUT2D eigenvalue weighted by atomic mass is 10.0. The Morgan fingerprint density at radius 3 is 2.35 bits per heavy atom. The van der Waals surface area contributed by atoms with Crippen molar-refractivity contribution in [1.82, 2.24) is 14.4 Å². The molecule has 0 radical (unpaired) electrons. The lowest BCUT2D eigenvalue weighted by Crippen LogP contribution is -2.41. The van der Waals surface area contributed by atoms with E-state index < -0.39 is 0 Å². The first-order valence-corrected chi connectivity index (χ1v) is 11.7. The van der Waals surface area contributed by atoms with Crippen LogP contribution in [0, 0.1) is 0 Å². The molecule has 7 heteroatoms. The number of hydrogen-bond acceptors (Lipinski definition) is 3. The molecule has 0 atom stereocenters. The zero-order chi connectivity index (χ0) is 22.1. The minimum Gasteiger partial charge on any atom is -0.486 e. The number of rotatable bonds is 6. The van der Waals surface area contributed by atoms with Crippen LogP contribution in [-0.2, 0) is 20.2 Å². The van der Waals surface area contributed by atoms with E-state index in [1.165, 1.54) is 23.8 Å². The fraction of sp³-hybridized carbons (Fsp3) is 0.417. The monoisotopic (exact) mass is 479 g/mol. The van der Waals surface area contributed by atoms with E-state index in [0.717, 1.165) is 35.9 Å². The van der Waals surface area contributed by atoms with Gasteiger partial charge in [-0.3, -0.25) is 4.90 Å². The second-order valence-corrected chi connectivity index (χ2v) is 9.76. The van der Waals surface area contributed by atoms with Crippen molar-refractivity contribution in [2.75, 3.05) is 27.2 Å². The van der Waals surface area contributed by atoms with E-state index in [1.54, 1.807) is 12.1 Å². The standard InChI is InChI=1S/C24H28Cl3N3O/c1-28(2)18-8-10-30(11-9-18)14-20-19-12-16(25)4-6-22(19)29(3)23(20)15-31-24-7-5-17(26)13-21(24)27/h4-7,12-13,18H,8-11,14-15H2,1-3H3. The summed E-state index contributed by atoms with van der Waals surface area (Å²) < 4.78 is 8.33. The van der Waals surface area contributed by atoms with Crippen molar-refractivity contribution in [3.05, 3.63) is 62.7 Å². The highest BCUT2D eigenvalue weighted by molar-refractivity contribution is 6.35. The van der Waals surface area contributed by atoms with Crippen LogP contribution in [0.25, 0.3) is 10.9 Å². The third kappa shape index (κ3) is 4.99. The van der Waals surface area contributed by atoms with Gasteiger partial charge in [-0.2, -0.15) is 0 Å². The summed E-state index contributed by atoms with van der Waals surface area (Å²) in [5.41, 5.74) is 3.56. The summed E-state index contributed by atoms with van der Waals surface area (Å²) in [6.45, 7) is 3.48. The second-order valence-electron chi connectivity index (χ2n) is 8.48. The van der Waals surface area contributed by atoms with Crippen LogP contribution in [0.3, 0.4) is 0 Å². The average Bonchev–Trinajstić information content (AvgIpc) is 2.98. The van der Waals surface area contributed by atoms with Crippen LogP contribution in [0.4, 0.5) is 0 Å². The molecule has 4 rings (SSSR count). The first-order chi connectivity index (χ1) is 14.8. The minimum absolute atomic E-state index is 0.424. The topological polar surface area (TPSA) is 20.6 Å². The van der Waals surface area contributed by atoms with Gasteiger partial charge < -0.3 is 14.2 Å². The molecule has 1 fully saturated rings. The molecule has 1 aromatic heterocycles. The molecule has 3 aromatic rings. The van der Waals surface area contributed by atoms with Gasteiger partial charge in [0.1, 0.15) is 12.4 Å². The Morgan fingerprint density at radius 1 is 1.00 bits per heavy atom. The first-order valence-electron chi connectivity index (χ1n) is 10.6. The van der Waals surface area contributed by atoms with Crippen molar-refractivity contribution in [2.24, 2.45) is 7.05 Å². The van der Waals surface area contributed by atoms with Crippen molar-refractivity contribution in [1.29, 1.82) is 0 Å². The molecule has 166 valence electrons. The molecular weight excluding hydrogens is 453 g/mol. The quantitative estimate of drug-likeness (QED) is 0.416. The third-order valence-electron chi connectivity index (χ3n) is 6.33. The molecule has 0 aliphatic carbocycles. The highest BCUT2D eigenvalue weighted by Gasteiger charge is 2.24. The Balaban J connectivity index is 1.62. The summed E-state index contributed by atoms with van der Waals surface area (Å²) in [7, 11) is 6.43. The molecule has 0 spiro atoms. The molecular formula is C24H28Cl3N3O. The van der Waals surface area contributed by atoms with Crippen LogP contribution in [-0.4, -0.2) is 47.6 Å². The van der Waals surface area contributed by atoms with Gasteiger partial charge in [-0.05, 0) is 82.0 Å². The summed E-state index contributed by atoms with van der Waals surface area (Å²) in [5, 5.41) is 3.05. The second kappa shape index (κ2) is 9.60. The SMILES string of the molecule is CN(C)C1CCN(Cc2c(COc3ccc(Cl)cc3Cl)n(C)c3ccc(Cl)cc23)CC1. The van der Waals surface area contributed by atoms with Gasteiger partial charge in [-0.25, -0.2) is 0 Å². The number of aryl methyl sites for hydroxylation is 1. The van der Waals surface area contributed by atoms with E-state index in [9.17, 15) is 0 Å². The lowest BCUT2D eigenvalue weighted by Gasteiger charge is -2.35. The summed E-state index contributed by atoms with van der Waals surface area (Å²) in [5.74, 6) is 0.632. The highest BCUT2D eigenvalue weighted by Crippen LogP contribution is 2.33. The van der Waals surface area contributed by atoms with Gasteiger partial charge in [0.05, 0.1) is 10.7 Å². The predicted octanol–water partition coefficient (Wildman–Crippen LogP) is 6.24. The van der Waals surface area contributed by atoms with Gasteiger partial charge in [-0.15, -0.1) is 0 Å². The lowest BCUT2D eigenvalue weighted by molar-refractivity contribution is 0.139. The van der Waals surface area contributed by atoms with E-state index in [1.807, 2.05) is 12.1 Å². The van der Waals surface area contributed by atoms with E-state index in [0.29, 0.717) is 28.4 Å². The molecule has 2 heterocycles. The van der Waals surface area contributed by atoms with Crippen LogP contribution in [0.15, 0.2) is 36.4 Å². The van der Waals surface area contributed by atoms with Crippen LogP contribution in [0.2, 0.25) is 15.1 Å². The molecule has 0 unspecified atom stereocenters. The highest BCUT2D eigenvalue weighted by atomic mass is 35.5. The van der Waals surface area contributed by atoms with Gasteiger partial charge in [0.15, 0.2) is 0 Å². The zero-order valence-electron chi connectivity index (χ0n) is 18.2. The Kier molecular flexibility index (Phi) is 7.04. The number of fused-ring (bicyclic) bond motifs is 1. The molecule has 2 aromatic carbocycles. The fourth-order valence-electron chi connectivity index (χ4n) is 4.46. The summed E-state index contributed by atoms with van der Waals surface area (Å²) >= 11 is 18.7. The van der Waals surface area contributed by atoms with Gasteiger partial charge in [0.2, 0.25) is 0 Å². The van der Waals surface area contributed by atoms with E-state index in [2.05, 4.69) is 47.6 Å². The molecule has 0 bridgehead atoms. The van der Waals surface area contributed by atoms with E-state index in [-0.39, 0.29) is 0 Å². The maximum absolute atomic E-state index is 6.37. The average molecular weight is 481 g/mol. The zero-order valence-corrected chi connectivity index (χ0v) is 20.4. The maximum atomic E-state index is 6.37. The van der Waals surface area contributed by atoms with E-state index in [4.69, 9.17) is 39.5 Å². The van der Waals surface area contributed by atoms with E-state index >= 15 is 0 Å². The number of ether oxygens (including phenoxy) is 1. The number of piperidine rings is 1. The first kappa shape index (κ1) is 22.8. The van der Waals surface area contributed by atoms with Gasteiger partial charge in [0.25, 0.3) is 0 Å². The molecule has 0 saturated carbocycles. The van der Waals surface area contributed by atoms with Crippen molar-refractivity contribution in [3.63, 3.8) is 0 Å². The normalized spacial score (nSPS) is 15.8. The molecule has 1 aliphatic rings. The van der Waals surface area contributed by atoms with Gasteiger partial charge in [0, 0.05) is 40.6 Å². The molecule has 0 N–H and O–H groups in total. The number of aromatic nitrogens is 1. The Labute approximate surface area is 199 Å². The number of halogens is 3. The minimum atomic E-state index is 0.424. The number of hydrogen-bond donors (Lipinski definition) is 0. The Hall–Kier alpha value is -1.43. The van der Waals surface area contributed by atoms with Crippen molar-refractivity contribution in [3.8, 4) is 5.75 Å². The van der Waals surface area contributed by atoms with Crippen LogP contribution in [0.5, 0.6) is 5.75 Å². The van der Waals surface area contributed by atoms with Crippen molar-refractivity contribution in [2.45, 2.75) is 32.0 Å². The fourth-order valence-corrected chi connectivity index (χ4v) is 5.10. The Bertz CT molecular complexity index is 1070. The molecule has 1 saturated heterocycles. The number of benzene rings is 2. The van der Waals surface area contributed by atoms with Gasteiger partial charge >= 0.3 is 0 Å². The molecule has 0 amide bonds. The van der Waals surface area contributed by atoms with Crippen molar-refractivity contribution < 1.29 is 4.74 Å². The summed E-state index contributed by atoms with van der Waals surface area (Å²) in [6, 6.07) is 12.1. The van der Waals surface area contributed by atoms with Crippen LogP contribution < -0.4 is 4.74 Å². The summed E-state index contributed by atoms with van der Waals surface area (Å²) in [6.07, 6.45) is 2.37. The largest absolute Gasteiger partial charge is 0.486 e. The van der Waals surface area contributed by atoms with Crippen LogP contribution in [0.1, 0.15) is 24.1 Å². The maximum Gasteiger partial charge on any atom is 0.138 e. The van der Waals surface area contributed by atoms with Crippen molar-refractivity contribution >= 4 is 45.7 Å². The molecule has 4 nitrogen and oxygen atoms in total. The van der Waals surface area contributed by atoms with Gasteiger partial charge in [-0.1, -0.05) is 34.8 Å². The third-order valence-corrected chi connectivity index (χ3v) is 7.09.